The van der Waals surface area contributed by atoms with Gasteiger partial charge in [0.1, 0.15) is 0 Å². The van der Waals surface area contributed by atoms with E-state index in [4.69, 9.17) is 11.6 Å². The Balaban J connectivity index is 1.83. The van der Waals surface area contributed by atoms with Crippen LogP contribution in [0.4, 0.5) is 5.69 Å². The molecule has 4 aromatic rings. The number of aryl methyl sites for hydroxylation is 2. The minimum Gasteiger partial charge on any atom is -0.322 e. The maximum atomic E-state index is 13.1. The Labute approximate surface area is 181 Å². The molecule has 150 valence electrons. The van der Waals surface area contributed by atoms with E-state index in [1.54, 1.807) is 0 Å². The quantitative estimate of drug-likeness (QED) is 0.384. The molecule has 1 heterocycles. The third kappa shape index (κ3) is 3.89. The number of aromatic nitrogens is 1. The largest absolute Gasteiger partial charge is 0.322 e. The zero-order valence-corrected chi connectivity index (χ0v) is 18.0. The van der Waals surface area contributed by atoms with E-state index in [0.717, 1.165) is 39.5 Å². The predicted octanol–water partition coefficient (Wildman–Crippen LogP) is 6.98. The van der Waals surface area contributed by atoms with Gasteiger partial charge in [-0.3, -0.25) is 4.79 Å². The first kappa shape index (κ1) is 20.0. The van der Waals surface area contributed by atoms with Crippen LogP contribution in [-0.2, 0) is 0 Å². The first-order valence-electron chi connectivity index (χ1n) is 9.86. The molecule has 0 unspecified atom stereocenters. The number of anilines is 1. The summed E-state index contributed by atoms with van der Waals surface area (Å²) in [6.07, 6.45) is 0. The molecule has 30 heavy (non-hydrogen) atoms. The molecule has 0 atom stereocenters. The van der Waals surface area contributed by atoms with Gasteiger partial charge in [0, 0.05) is 22.1 Å². The Hall–Kier alpha value is -3.30. The van der Waals surface area contributed by atoms with Crippen LogP contribution in [0, 0.1) is 20.8 Å². The Kier molecular flexibility index (Phi) is 5.47. The van der Waals surface area contributed by atoms with Crippen molar-refractivity contribution in [3.63, 3.8) is 0 Å². The normalized spacial score (nSPS) is 10.8. The van der Waals surface area contributed by atoms with Crippen molar-refractivity contribution in [2.75, 3.05) is 5.32 Å². The van der Waals surface area contributed by atoms with Crippen molar-refractivity contribution in [3.05, 3.63) is 106 Å². The van der Waals surface area contributed by atoms with Crippen LogP contribution in [0.2, 0.25) is 5.02 Å². The van der Waals surface area contributed by atoms with Crippen LogP contribution in [0.15, 0.2) is 78.9 Å². The van der Waals surface area contributed by atoms with E-state index in [1.807, 2.05) is 80.6 Å². The number of nitrogens with one attached hydrogen (secondary N) is 1. The van der Waals surface area contributed by atoms with Crippen LogP contribution >= 0.6 is 11.6 Å². The minimum absolute atomic E-state index is 0.126. The van der Waals surface area contributed by atoms with Crippen LogP contribution in [0.3, 0.4) is 0 Å². The van der Waals surface area contributed by atoms with Crippen molar-refractivity contribution in [1.82, 2.24) is 4.57 Å². The Morgan fingerprint density at radius 3 is 2.20 bits per heavy atom. The summed E-state index contributed by atoms with van der Waals surface area (Å²) in [6.45, 7) is 6.08. The van der Waals surface area contributed by atoms with Crippen molar-refractivity contribution in [1.29, 1.82) is 0 Å². The van der Waals surface area contributed by atoms with Gasteiger partial charge in [-0.2, -0.15) is 0 Å². The minimum atomic E-state index is -0.126. The lowest BCUT2D eigenvalue weighted by Crippen LogP contribution is -2.13. The summed E-state index contributed by atoms with van der Waals surface area (Å²) in [5.41, 5.74) is 7.60. The second-order valence-electron chi connectivity index (χ2n) is 7.48. The zero-order valence-electron chi connectivity index (χ0n) is 17.2. The van der Waals surface area contributed by atoms with Gasteiger partial charge in [-0.15, -0.1) is 0 Å². The molecule has 0 saturated carbocycles. The summed E-state index contributed by atoms with van der Waals surface area (Å²) < 4.78 is 2.14. The summed E-state index contributed by atoms with van der Waals surface area (Å²) in [6, 6.07) is 25.6. The summed E-state index contributed by atoms with van der Waals surface area (Å²) in [5, 5.41) is 3.70. The van der Waals surface area contributed by atoms with Gasteiger partial charge in [0.05, 0.1) is 11.3 Å². The molecule has 0 fully saturated rings. The van der Waals surface area contributed by atoms with Gasteiger partial charge in [-0.05, 0) is 68.3 Å². The number of nitrogens with zero attached hydrogens (tertiary/aromatic N) is 1. The Morgan fingerprint density at radius 2 is 1.53 bits per heavy atom. The molecular weight excluding hydrogens is 392 g/mol. The first-order valence-corrected chi connectivity index (χ1v) is 10.2. The Morgan fingerprint density at radius 1 is 0.867 bits per heavy atom. The van der Waals surface area contributed by atoms with E-state index in [9.17, 15) is 4.79 Å². The van der Waals surface area contributed by atoms with E-state index in [-0.39, 0.29) is 5.91 Å². The van der Waals surface area contributed by atoms with Crippen molar-refractivity contribution in [3.8, 4) is 16.9 Å². The molecule has 0 aliphatic carbocycles. The van der Waals surface area contributed by atoms with Gasteiger partial charge in [0.2, 0.25) is 0 Å². The highest BCUT2D eigenvalue weighted by atomic mass is 35.5. The number of rotatable bonds is 4. The third-order valence-electron chi connectivity index (χ3n) is 5.30. The second kappa shape index (κ2) is 8.21. The van der Waals surface area contributed by atoms with E-state index < -0.39 is 0 Å². The topological polar surface area (TPSA) is 34.0 Å². The van der Waals surface area contributed by atoms with E-state index >= 15 is 0 Å². The van der Waals surface area contributed by atoms with Gasteiger partial charge >= 0.3 is 0 Å². The Bertz CT molecular complexity index is 1210. The fraction of sp³-hybridized carbons (Fsp3) is 0.115. The van der Waals surface area contributed by atoms with Crippen LogP contribution in [0.25, 0.3) is 16.9 Å². The number of halogens is 1. The lowest BCUT2D eigenvalue weighted by atomic mass is 10.1. The molecule has 3 aromatic carbocycles. The maximum absolute atomic E-state index is 13.1. The van der Waals surface area contributed by atoms with E-state index in [1.165, 1.54) is 0 Å². The highest BCUT2D eigenvalue weighted by molar-refractivity contribution is 6.30. The molecule has 0 saturated heterocycles. The molecule has 0 radical (unpaired) electrons. The van der Waals surface area contributed by atoms with Crippen LogP contribution in [-0.4, -0.2) is 10.5 Å². The standard InChI is InChI=1S/C26H23ClN2O/c1-17-8-14-22(15-9-17)28-26(30)23-16-25(20-10-12-21(27)13-11-20)29(19(23)3)24-7-5-4-6-18(24)2/h4-16H,1-3H3,(H,28,30). The summed E-state index contributed by atoms with van der Waals surface area (Å²) >= 11 is 6.10. The molecule has 0 aliphatic rings. The fourth-order valence-corrected chi connectivity index (χ4v) is 3.76. The lowest BCUT2D eigenvalue weighted by molar-refractivity contribution is 0.102. The molecule has 3 nitrogen and oxygen atoms in total. The maximum Gasteiger partial charge on any atom is 0.257 e. The van der Waals surface area contributed by atoms with Crippen LogP contribution in [0.1, 0.15) is 27.2 Å². The molecule has 0 bridgehead atoms. The number of para-hydroxylation sites is 1. The molecule has 4 rings (SSSR count). The second-order valence-corrected chi connectivity index (χ2v) is 7.91. The van der Waals surface area contributed by atoms with Gasteiger partial charge in [-0.25, -0.2) is 0 Å². The number of benzene rings is 3. The smallest absolute Gasteiger partial charge is 0.257 e. The molecule has 1 aromatic heterocycles. The average molecular weight is 415 g/mol. The van der Waals surface area contributed by atoms with Gasteiger partial charge in [0.15, 0.2) is 0 Å². The number of carbonyl (C=O) groups is 1. The van der Waals surface area contributed by atoms with Gasteiger partial charge in [-0.1, -0.05) is 59.6 Å². The van der Waals surface area contributed by atoms with Crippen molar-refractivity contribution >= 4 is 23.2 Å². The van der Waals surface area contributed by atoms with Gasteiger partial charge < -0.3 is 9.88 Å². The third-order valence-corrected chi connectivity index (χ3v) is 5.55. The summed E-state index contributed by atoms with van der Waals surface area (Å²) in [4.78, 5) is 13.1. The van der Waals surface area contributed by atoms with E-state index in [0.29, 0.717) is 10.6 Å². The number of hydrogen-bond acceptors (Lipinski definition) is 1. The average Bonchev–Trinajstić information content (AvgIpc) is 3.08. The highest BCUT2D eigenvalue weighted by Gasteiger charge is 2.20. The molecule has 4 heteroatoms. The fourth-order valence-electron chi connectivity index (χ4n) is 3.63. The van der Waals surface area contributed by atoms with Crippen molar-refractivity contribution in [2.45, 2.75) is 20.8 Å². The van der Waals surface area contributed by atoms with E-state index in [2.05, 4.69) is 28.9 Å². The SMILES string of the molecule is Cc1ccc(NC(=O)c2cc(-c3ccc(Cl)cc3)n(-c3ccccc3C)c2C)cc1. The number of hydrogen-bond donors (Lipinski definition) is 1. The highest BCUT2D eigenvalue weighted by Crippen LogP contribution is 2.32. The molecule has 1 amide bonds. The molecule has 0 aliphatic heterocycles. The van der Waals surface area contributed by atoms with Gasteiger partial charge in [0.25, 0.3) is 5.91 Å². The molecular formula is C26H23ClN2O. The summed E-state index contributed by atoms with van der Waals surface area (Å²) in [7, 11) is 0. The van der Waals surface area contributed by atoms with Crippen LogP contribution < -0.4 is 5.32 Å². The monoisotopic (exact) mass is 414 g/mol. The number of carbonyl (C=O) groups excluding carboxylic acids is 1. The number of amides is 1. The lowest BCUT2D eigenvalue weighted by Gasteiger charge is -2.15. The summed E-state index contributed by atoms with van der Waals surface area (Å²) in [5.74, 6) is -0.126. The molecule has 0 spiro atoms. The first-order chi connectivity index (χ1) is 14.4. The zero-order chi connectivity index (χ0) is 21.3. The predicted molar refractivity (Wildman–Crippen MR) is 125 cm³/mol. The van der Waals surface area contributed by atoms with Crippen molar-refractivity contribution in [2.24, 2.45) is 0 Å². The van der Waals surface area contributed by atoms with Crippen LogP contribution in [0.5, 0.6) is 0 Å². The molecule has 1 N–H and O–H groups in total. The van der Waals surface area contributed by atoms with Crippen molar-refractivity contribution < 1.29 is 4.79 Å².